The molecule has 2 nitrogen and oxygen atoms in total. The van der Waals surface area contributed by atoms with Crippen molar-refractivity contribution in [2.24, 2.45) is 5.11 Å². The molecular formula is C6H6N2S. The van der Waals surface area contributed by atoms with Gasteiger partial charge in [-0.05, 0) is 12.1 Å². The van der Waals surface area contributed by atoms with Gasteiger partial charge in [0, 0.05) is 4.90 Å². The maximum absolute atomic E-state index is 6.66. The van der Waals surface area contributed by atoms with Gasteiger partial charge in [0.1, 0.15) is 0 Å². The Balaban J connectivity index is 3.15. The van der Waals surface area contributed by atoms with Gasteiger partial charge in [0.15, 0.2) is 0 Å². The molecule has 0 saturated heterocycles. The zero-order valence-electron chi connectivity index (χ0n) is 4.70. The van der Waals surface area contributed by atoms with Gasteiger partial charge in [-0.15, -0.1) is 12.6 Å². The van der Waals surface area contributed by atoms with Gasteiger partial charge < -0.3 is 0 Å². The lowest BCUT2D eigenvalue weighted by Crippen LogP contribution is -1.64. The summed E-state index contributed by atoms with van der Waals surface area (Å²) in [6, 6.07) is 7.23. The summed E-state index contributed by atoms with van der Waals surface area (Å²) in [6.07, 6.45) is 0. The molecule has 0 bridgehead atoms. The van der Waals surface area contributed by atoms with Crippen LogP contribution in [0.4, 0.5) is 5.69 Å². The van der Waals surface area contributed by atoms with Crippen LogP contribution in [0.5, 0.6) is 0 Å². The highest BCUT2D eigenvalue weighted by atomic mass is 32.1. The van der Waals surface area contributed by atoms with Gasteiger partial charge in [-0.2, -0.15) is 5.11 Å². The maximum atomic E-state index is 6.66. The number of rotatable bonds is 1. The normalized spacial score (nSPS) is 9.00. The molecule has 0 aliphatic carbocycles. The number of para-hydroxylation sites is 1. The van der Waals surface area contributed by atoms with Crippen LogP contribution in [0, 0.1) is 5.53 Å². The van der Waals surface area contributed by atoms with Gasteiger partial charge in [-0.1, -0.05) is 12.1 Å². The molecule has 0 saturated carbocycles. The number of hydrogen-bond acceptors (Lipinski definition) is 3. The van der Waals surface area contributed by atoms with E-state index in [0.29, 0.717) is 5.69 Å². The highest BCUT2D eigenvalue weighted by Gasteiger charge is 1.90. The van der Waals surface area contributed by atoms with Gasteiger partial charge in [0.2, 0.25) is 0 Å². The molecular weight excluding hydrogens is 132 g/mol. The van der Waals surface area contributed by atoms with Crippen molar-refractivity contribution < 1.29 is 0 Å². The molecule has 46 valence electrons. The molecule has 1 aromatic carbocycles. The SMILES string of the molecule is N=Nc1ccccc1S. The summed E-state index contributed by atoms with van der Waals surface area (Å²) in [4.78, 5) is 0.743. The minimum absolute atomic E-state index is 0.612. The topological polar surface area (TPSA) is 36.2 Å². The van der Waals surface area contributed by atoms with Crippen molar-refractivity contribution in [3.05, 3.63) is 24.3 Å². The Kier molecular flexibility index (Phi) is 1.85. The van der Waals surface area contributed by atoms with E-state index >= 15 is 0 Å². The van der Waals surface area contributed by atoms with E-state index in [1.54, 1.807) is 12.1 Å². The van der Waals surface area contributed by atoms with Crippen molar-refractivity contribution in [3.8, 4) is 0 Å². The fourth-order valence-electron chi connectivity index (χ4n) is 0.559. The summed E-state index contributed by atoms with van der Waals surface area (Å²) in [5.41, 5.74) is 7.27. The minimum atomic E-state index is 0.612. The van der Waals surface area contributed by atoms with E-state index in [-0.39, 0.29) is 0 Å². The van der Waals surface area contributed by atoms with E-state index in [4.69, 9.17) is 5.53 Å². The second-order valence-electron chi connectivity index (χ2n) is 1.60. The number of benzene rings is 1. The molecule has 3 heteroatoms. The Morgan fingerprint density at radius 1 is 1.33 bits per heavy atom. The molecule has 0 spiro atoms. The van der Waals surface area contributed by atoms with Gasteiger partial charge >= 0.3 is 0 Å². The molecule has 0 radical (unpaired) electrons. The Bertz CT molecular complexity index is 222. The van der Waals surface area contributed by atoms with E-state index < -0.39 is 0 Å². The van der Waals surface area contributed by atoms with Gasteiger partial charge in [0.25, 0.3) is 0 Å². The fraction of sp³-hybridized carbons (Fsp3) is 0. The lowest BCUT2D eigenvalue weighted by Gasteiger charge is -1.91. The first-order chi connectivity index (χ1) is 4.34. The average Bonchev–Trinajstić information content (AvgIpc) is 1.89. The van der Waals surface area contributed by atoms with Crippen LogP contribution in [-0.2, 0) is 0 Å². The number of thiol groups is 1. The summed E-state index contributed by atoms with van der Waals surface area (Å²) in [7, 11) is 0. The van der Waals surface area contributed by atoms with Gasteiger partial charge in [0.05, 0.1) is 5.69 Å². The van der Waals surface area contributed by atoms with Crippen LogP contribution >= 0.6 is 12.6 Å². The quantitative estimate of drug-likeness (QED) is 0.442. The molecule has 0 heterocycles. The third-order valence-corrected chi connectivity index (χ3v) is 1.38. The molecule has 9 heavy (non-hydrogen) atoms. The second kappa shape index (κ2) is 2.64. The Labute approximate surface area is 58.8 Å². The van der Waals surface area contributed by atoms with Crippen LogP contribution in [0.15, 0.2) is 34.3 Å². The Morgan fingerprint density at radius 2 is 2.00 bits per heavy atom. The molecule has 0 aromatic heterocycles. The number of hydrogen-bond donors (Lipinski definition) is 2. The fourth-order valence-corrected chi connectivity index (χ4v) is 0.769. The highest BCUT2D eigenvalue weighted by molar-refractivity contribution is 7.80. The molecule has 0 aliphatic heterocycles. The van der Waals surface area contributed by atoms with Crippen LogP contribution in [0.2, 0.25) is 0 Å². The third kappa shape index (κ3) is 1.29. The van der Waals surface area contributed by atoms with E-state index in [9.17, 15) is 0 Å². The molecule has 1 aromatic rings. The number of nitrogens with zero attached hydrogens (tertiary/aromatic N) is 1. The smallest absolute Gasteiger partial charge is 0.0983 e. The predicted molar refractivity (Wildman–Crippen MR) is 38.5 cm³/mol. The molecule has 0 unspecified atom stereocenters. The van der Waals surface area contributed by atoms with Crippen LogP contribution in [0.3, 0.4) is 0 Å². The van der Waals surface area contributed by atoms with Crippen LogP contribution in [0.1, 0.15) is 0 Å². The summed E-state index contributed by atoms with van der Waals surface area (Å²) in [6.45, 7) is 0. The van der Waals surface area contributed by atoms with Crippen molar-refractivity contribution in [2.45, 2.75) is 4.90 Å². The summed E-state index contributed by atoms with van der Waals surface area (Å²) in [5, 5.41) is 3.24. The summed E-state index contributed by atoms with van der Waals surface area (Å²) >= 11 is 4.06. The monoisotopic (exact) mass is 138 g/mol. The van der Waals surface area contributed by atoms with Gasteiger partial charge in [-0.3, -0.25) is 0 Å². The van der Waals surface area contributed by atoms with E-state index in [0.717, 1.165) is 4.90 Å². The third-order valence-electron chi connectivity index (χ3n) is 1.00. The first-order valence-corrected chi connectivity index (χ1v) is 2.95. The van der Waals surface area contributed by atoms with E-state index in [2.05, 4.69) is 17.7 Å². The average molecular weight is 138 g/mol. The molecule has 0 fully saturated rings. The van der Waals surface area contributed by atoms with Crippen molar-refractivity contribution in [2.75, 3.05) is 0 Å². The van der Waals surface area contributed by atoms with E-state index in [1.165, 1.54) is 0 Å². The number of nitrogens with one attached hydrogen (secondary N) is 1. The Morgan fingerprint density at radius 3 is 2.44 bits per heavy atom. The second-order valence-corrected chi connectivity index (χ2v) is 2.08. The van der Waals surface area contributed by atoms with E-state index in [1.807, 2.05) is 12.1 Å². The summed E-state index contributed by atoms with van der Waals surface area (Å²) in [5.74, 6) is 0. The molecule has 0 aliphatic rings. The molecule has 1 N–H and O–H groups in total. The predicted octanol–water partition coefficient (Wildman–Crippen LogP) is 2.64. The van der Waals surface area contributed by atoms with Crippen molar-refractivity contribution >= 4 is 18.3 Å². The van der Waals surface area contributed by atoms with Crippen molar-refractivity contribution in [1.82, 2.24) is 0 Å². The maximum Gasteiger partial charge on any atom is 0.0983 e. The van der Waals surface area contributed by atoms with Crippen LogP contribution in [-0.4, -0.2) is 0 Å². The van der Waals surface area contributed by atoms with Crippen molar-refractivity contribution in [3.63, 3.8) is 0 Å². The van der Waals surface area contributed by atoms with Gasteiger partial charge in [-0.25, -0.2) is 5.53 Å². The van der Waals surface area contributed by atoms with Crippen LogP contribution < -0.4 is 0 Å². The first kappa shape index (κ1) is 6.29. The standard InChI is InChI=1S/C6H6N2S/c7-8-5-3-1-2-4-6(5)9/h1-4,7,9H. The zero-order valence-corrected chi connectivity index (χ0v) is 5.60. The zero-order chi connectivity index (χ0) is 6.69. The first-order valence-electron chi connectivity index (χ1n) is 2.50. The lowest BCUT2D eigenvalue weighted by molar-refractivity contribution is 1.12. The summed E-state index contributed by atoms with van der Waals surface area (Å²) < 4.78 is 0. The lowest BCUT2D eigenvalue weighted by atomic mass is 10.3. The molecule has 0 atom stereocenters. The highest BCUT2D eigenvalue weighted by Crippen LogP contribution is 2.20. The Hall–Kier alpha value is -0.830. The molecule has 0 amide bonds. The van der Waals surface area contributed by atoms with Crippen molar-refractivity contribution in [1.29, 1.82) is 5.53 Å². The van der Waals surface area contributed by atoms with Crippen LogP contribution in [0.25, 0.3) is 0 Å². The minimum Gasteiger partial charge on any atom is -0.204 e. The largest absolute Gasteiger partial charge is 0.204 e. The molecule has 1 rings (SSSR count).